The Bertz CT molecular complexity index is 604. The highest BCUT2D eigenvalue weighted by molar-refractivity contribution is 7.22. The topological polar surface area (TPSA) is 38.9 Å². The molecule has 2 N–H and O–H groups in total. The summed E-state index contributed by atoms with van der Waals surface area (Å²) in [6.07, 6.45) is -4.50. The fourth-order valence-corrected chi connectivity index (χ4v) is 3.10. The van der Waals surface area contributed by atoms with Gasteiger partial charge < -0.3 is 5.73 Å². The Morgan fingerprint density at radius 3 is 2.50 bits per heavy atom. The van der Waals surface area contributed by atoms with Crippen molar-refractivity contribution in [3.8, 4) is 0 Å². The lowest BCUT2D eigenvalue weighted by Crippen LogP contribution is -2.11. The monoisotopic (exact) mass is 294 g/mol. The van der Waals surface area contributed by atoms with Gasteiger partial charge in [-0.1, -0.05) is 36.8 Å². The first-order valence-corrected chi connectivity index (χ1v) is 6.37. The van der Waals surface area contributed by atoms with Crippen molar-refractivity contribution in [2.45, 2.75) is 25.9 Å². The van der Waals surface area contributed by atoms with E-state index in [4.69, 9.17) is 17.3 Å². The molecule has 0 spiro atoms. The van der Waals surface area contributed by atoms with Gasteiger partial charge in [0.25, 0.3) is 0 Å². The number of nitrogen functional groups attached to an aromatic ring is 1. The van der Waals surface area contributed by atoms with Crippen LogP contribution < -0.4 is 5.73 Å². The standard InChI is InChI=1S/C11H10ClF3N2S/c1-4(2)7-8(11(13,14)15)5(12)3-6-9(7)17-10(16)18-6/h3-4H,1-2H3,(H2,16,17). The maximum Gasteiger partial charge on any atom is 0.418 e. The molecule has 1 aromatic carbocycles. The fraction of sp³-hybridized carbons (Fsp3) is 0.364. The maximum absolute atomic E-state index is 13.1. The quantitative estimate of drug-likeness (QED) is 0.830. The lowest BCUT2D eigenvalue weighted by atomic mass is 9.95. The largest absolute Gasteiger partial charge is 0.418 e. The van der Waals surface area contributed by atoms with Crippen LogP contribution in [0.3, 0.4) is 0 Å². The molecular formula is C11H10ClF3N2S. The average molecular weight is 295 g/mol. The van der Waals surface area contributed by atoms with Crippen molar-refractivity contribution in [1.29, 1.82) is 0 Å². The number of benzene rings is 1. The minimum Gasteiger partial charge on any atom is -0.375 e. The Kier molecular flexibility index (Phi) is 3.19. The van der Waals surface area contributed by atoms with Gasteiger partial charge in [-0.15, -0.1) is 0 Å². The Morgan fingerprint density at radius 2 is 2.00 bits per heavy atom. The Morgan fingerprint density at radius 1 is 1.39 bits per heavy atom. The molecule has 0 aliphatic carbocycles. The molecule has 1 heterocycles. The Hall–Kier alpha value is -1.01. The Labute approximate surface area is 111 Å². The zero-order chi connectivity index (χ0) is 13.7. The number of halogens is 4. The van der Waals surface area contributed by atoms with Crippen LogP contribution in [-0.4, -0.2) is 4.98 Å². The zero-order valence-corrected chi connectivity index (χ0v) is 11.2. The van der Waals surface area contributed by atoms with Gasteiger partial charge in [-0.05, 0) is 17.5 Å². The second kappa shape index (κ2) is 4.28. The van der Waals surface area contributed by atoms with Crippen LogP contribution in [0.2, 0.25) is 5.02 Å². The molecule has 2 rings (SSSR count). The van der Waals surface area contributed by atoms with Crippen molar-refractivity contribution in [3.63, 3.8) is 0 Å². The fourth-order valence-electron chi connectivity index (χ4n) is 1.92. The number of hydrogen-bond acceptors (Lipinski definition) is 3. The number of alkyl halides is 3. The van der Waals surface area contributed by atoms with E-state index in [0.29, 0.717) is 10.2 Å². The second-order valence-electron chi connectivity index (χ2n) is 4.20. The summed E-state index contributed by atoms with van der Waals surface area (Å²) in [4.78, 5) is 3.99. The van der Waals surface area contributed by atoms with Gasteiger partial charge in [-0.2, -0.15) is 13.2 Å². The van der Waals surface area contributed by atoms with E-state index < -0.39 is 11.7 Å². The predicted molar refractivity (Wildman–Crippen MR) is 68.1 cm³/mol. The highest BCUT2D eigenvalue weighted by atomic mass is 35.5. The molecule has 1 aromatic heterocycles. The van der Waals surface area contributed by atoms with E-state index in [1.807, 2.05) is 0 Å². The van der Waals surface area contributed by atoms with Crippen LogP contribution in [0.5, 0.6) is 0 Å². The number of thiazole rings is 1. The molecule has 2 nitrogen and oxygen atoms in total. The first-order valence-electron chi connectivity index (χ1n) is 5.17. The summed E-state index contributed by atoms with van der Waals surface area (Å²) in [5.74, 6) is -0.343. The third kappa shape index (κ3) is 2.14. The van der Waals surface area contributed by atoms with Crippen LogP contribution in [0.15, 0.2) is 6.07 Å². The van der Waals surface area contributed by atoms with E-state index in [1.54, 1.807) is 13.8 Å². The van der Waals surface area contributed by atoms with Gasteiger partial charge in [0.05, 0.1) is 20.8 Å². The SMILES string of the molecule is CC(C)c1c(C(F)(F)F)c(Cl)cc2sc(N)nc12. The minimum atomic E-state index is -4.50. The summed E-state index contributed by atoms with van der Waals surface area (Å²) in [6.45, 7) is 3.35. The van der Waals surface area contributed by atoms with E-state index in [9.17, 15) is 13.2 Å². The summed E-state index contributed by atoms with van der Waals surface area (Å²) in [5, 5.41) is -0.0651. The summed E-state index contributed by atoms with van der Waals surface area (Å²) < 4.78 is 39.8. The van der Waals surface area contributed by atoms with Crippen molar-refractivity contribution in [2.75, 3.05) is 5.73 Å². The van der Waals surface area contributed by atoms with Gasteiger partial charge in [0.1, 0.15) is 0 Å². The van der Waals surface area contributed by atoms with E-state index in [2.05, 4.69) is 4.98 Å². The summed E-state index contributed by atoms with van der Waals surface area (Å²) in [5.41, 5.74) is 5.15. The average Bonchev–Trinajstić information content (AvgIpc) is 2.53. The highest BCUT2D eigenvalue weighted by Crippen LogP contribution is 2.44. The van der Waals surface area contributed by atoms with Crippen molar-refractivity contribution < 1.29 is 13.2 Å². The van der Waals surface area contributed by atoms with Crippen LogP contribution >= 0.6 is 22.9 Å². The second-order valence-corrected chi connectivity index (χ2v) is 5.67. The van der Waals surface area contributed by atoms with E-state index >= 15 is 0 Å². The molecule has 98 valence electrons. The number of nitrogens with zero attached hydrogens (tertiary/aromatic N) is 1. The third-order valence-electron chi connectivity index (χ3n) is 2.55. The summed E-state index contributed by atoms with van der Waals surface area (Å²) >= 11 is 6.90. The molecule has 0 saturated heterocycles. The van der Waals surface area contributed by atoms with Crippen LogP contribution in [0.4, 0.5) is 18.3 Å². The molecule has 0 unspecified atom stereocenters. The van der Waals surface area contributed by atoms with Gasteiger partial charge in [0.15, 0.2) is 5.13 Å². The molecule has 0 amide bonds. The van der Waals surface area contributed by atoms with Gasteiger partial charge in [0.2, 0.25) is 0 Å². The lowest BCUT2D eigenvalue weighted by Gasteiger charge is -2.17. The van der Waals surface area contributed by atoms with Crippen molar-refractivity contribution >= 4 is 38.3 Å². The summed E-state index contributed by atoms with van der Waals surface area (Å²) in [6, 6.07) is 1.28. The smallest absolute Gasteiger partial charge is 0.375 e. The molecular weight excluding hydrogens is 285 g/mol. The molecule has 0 bridgehead atoms. The Balaban J connectivity index is 2.92. The van der Waals surface area contributed by atoms with Crippen LogP contribution in [0.1, 0.15) is 30.9 Å². The first-order chi connectivity index (χ1) is 8.21. The molecule has 18 heavy (non-hydrogen) atoms. The third-order valence-corrected chi connectivity index (χ3v) is 3.68. The van der Waals surface area contributed by atoms with E-state index in [1.165, 1.54) is 6.07 Å². The number of hydrogen-bond donors (Lipinski definition) is 1. The van der Waals surface area contributed by atoms with Gasteiger partial charge in [0, 0.05) is 0 Å². The zero-order valence-electron chi connectivity index (χ0n) is 9.60. The molecule has 0 aliphatic heterocycles. The molecule has 2 aromatic rings. The molecule has 0 aliphatic rings. The van der Waals surface area contributed by atoms with Crippen LogP contribution in [0, 0.1) is 0 Å². The molecule has 0 atom stereocenters. The normalized spacial score (nSPS) is 12.6. The number of anilines is 1. The van der Waals surface area contributed by atoms with Gasteiger partial charge in [-0.3, -0.25) is 0 Å². The predicted octanol–water partition coefficient (Wildman–Crippen LogP) is 4.67. The van der Waals surface area contributed by atoms with Gasteiger partial charge >= 0.3 is 6.18 Å². The minimum absolute atomic E-state index is 0.109. The molecule has 7 heteroatoms. The van der Waals surface area contributed by atoms with E-state index in [0.717, 1.165) is 11.3 Å². The van der Waals surface area contributed by atoms with Crippen molar-refractivity contribution in [3.05, 3.63) is 22.2 Å². The number of aromatic nitrogens is 1. The van der Waals surface area contributed by atoms with Crippen molar-refractivity contribution in [2.24, 2.45) is 0 Å². The summed E-state index contributed by atoms with van der Waals surface area (Å²) in [7, 11) is 0. The highest BCUT2D eigenvalue weighted by Gasteiger charge is 2.38. The number of nitrogens with two attached hydrogens (primary N) is 1. The first kappa shape index (κ1) is 13.4. The van der Waals surface area contributed by atoms with Gasteiger partial charge in [-0.25, -0.2) is 4.98 Å². The van der Waals surface area contributed by atoms with Crippen LogP contribution in [0.25, 0.3) is 10.2 Å². The maximum atomic E-state index is 13.1. The van der Waals surface area contributed by atoms with E-state index in [-0.39, 0.29) is 21.6 Å². The lowest BCUT2D eigenvalue weighted by molar-refractivity contribution is -0.138. The number of fused-ring (bicyclic) bond motifs is 1. The number of rotatable bonds is 1. The molecule has 0 saturated carbocycles. The van der Waals surface area contributed by atoms with Crippen molar-refractivity contribution in [1.82, 2.24) is 4.98 Å². The van der Waals surface area contributed by atoms with Crippen LogP contribution in [-0.2, 0) is 6.18 Å². The molecule has 0 radical (unpaired) electrons. The molecule has 0 fully saturated rings.